The maximum Gasteiger partial charge on any atom is 0.231 e. The van der Waals surface area contributed by atoms with Crippen LogP contribution in [0.2, 0.25) is 0 Å². The van der Waals surface area contributed by atoms with Gasteiger partial charge < -0.3 is 24.4 Å². The monoisotopic (exact) mass is 417 g/mol. The molecule has 4 rings (SSSR count). The first kappa shape index (κ1) is 19.3. The van der Waals surface area contributed by atoms with Crippen LogP contribution in [0.15, 0.2) is 30.3 Å². The molecular formula is C20H20FN3O4S. The van der Waals surface area contributed by atoms with Crippen LogP contribution in [0.3, 0.4) is 0 Å². The van der Waals surface area contributed by atoms with Gasteiger partial charge in [0, 0.05) is 30.9 Å². The van der Waals surface area contributed by atoms with E-state index in [2.05, 4.69) is 10.3 Å². The first-order valence-corrected chi connectivity index (χ1v) is 9.76. The number of nitrogens with zero attached hydrogens (tertiary/aromatic N) is 2. The molecule has 0 spiro atoms. The summed E-state index contributed by atoms with van der Waals surface area (Å²) in [6, 6.07) is 8.28. The van der Waals surface area contributed by atoms with Crippen molar-refractivity contribution >= 4 is 38.3 Å². The SMILES string of the molecule is COc1cc(NC(=O)C2CN(c3nc4c(F)cccc4s3)C2)cc(OC)c1OC. The van der Waals surface area contributed by atoms with Crippen molar-refractivity contribution < 1.29 is 23.4 Å². The summed E-state index contributed by atoms with van der Waals surface area (Å²) in [4.78, 5) is 19.0. The smallest absolute Gasteiger partial charge is 0.231 e. The molecule has 0 radical (unpaired) electrons. The van der Waals surface area contributed by atoms with Crippen LogP contribution in [0.5, 0.6) is 17.2 Å². The maximum atomic E-state index is 13.8. The molecule has 7 nitrogen and oxygen atoms in total. The molecule has 1 N–H and O–H groups in total. The van der Waals surface area contributed by atoms with Gasteiger partial charge in [0.25, 0.3) is 0 Å². The summed E-state index contributed by atoms with van der Waals surface area (Å²) in [5.41, 5.74) is 0.933. The molecule has 1 aliphatic heterocycles. The third kappa shape index (κ3) is 3.53. The molecule has 1 fully saturated rings. The number of amides is 1. The third-order valence-corrected chi connectivity index (χ3v) is 5.89. The Morgan fingerprint density at radius 2 is 1.86 bits per heavy atom. The number of fused-ring (bicyclic) bond motifs is 1. The number of nitrogens with one attached hydrogen (secondary N) is 1. The number of thiazole rings is 1. The summed E-state index contributed by atoms with van der Waals surface area (Å²) in [6.45, 7) is 1.05. The molecule has 1 saturated heterocycles. The normalized spacial score (nSPS) is 13.9. The van der Waals surface area contributed by atoms with E-state index in [1.807, 2.05) is 11.0 Å². The summed E-state index contributed by atoms with van der Waals surface area (Å²) in [7, 11) is 4.57. The van der Waals surface area contributed by atoms with Crippen LogP contribution in [-0.2, 0) is 4.79 Å². The molecule has 0 atom stereocenters. The maximum absolute atomic E-state index is 13.8. The molecule has 2 heterocycles. The van der Waals surface area contributed by atoms with E-state index < -0.39 is 0 Å². The van der Waals surface area contributed by atoms with Gasteiger partial charge >= 0.3 is 0 Å². The van der Waals surface area contributed by atoms with Crippen LogP contribution in [0.1, 0.15) is 0 Å². The molecule has 0 saturated carbocycles. The molecule has 3 aromatic rings. The molecule has 0 bridgehead atoms. The summed E-state index contributed by atoms with van der Waals surface area (Å²) < 4.78 is 30.6. The number of ether oxygens (including phenoxy) is 3. The van der Waals surface area contributed by atoms with Gasteiger partial charge in [0.1, 0.15) is 11.3 Å². The van der Waals surface area contributed by atoms with Gasteiger partial charge in [-0.15, -0.1) is 0 Å². The van der Waals surface area contributed by atoms with Gasteiger partial charge in [0.2, 0.25) is 11.7 Å². The van der Waals surface area contributed by atoms with Gasteiger partial charge in [-0.1, -0.05) is 17.4 Å². The lowest BCUT2D eigenvalue weighted by Gasteiger charge is -2.37. The number of aromatic nitrogens is 1. The minimum absolute atomic E-state index is 0.109. The number of halogens is 1. The highest BCUT2D eigenvalue weighted by Gasteiger charge is 2.34. The van der Waals surface area contributed by atoms with Gasteiger partial charge in [-0.25, -0.2) is 9.37 Å². The second-order valence-electron chi connectivity index (χ2n) is 6.59. The standard InChI is InChI=1S/C20H20FN3O4S/c1-26-14-7-12(8-15(27-2)18(14)28-3)22-19(25)11-9-24(10-11)20-23-17-13(21)5-4-6-16(17)29-20/h4-8,11H,9-10H2,1-3H3,(H,22,25). The Morgan fingerprint density at radius 3 is 2.45 bits per heavy atom. The Labute approximate surface area is 171 Å². The fourth-order valence-corrected chi connectivity index (χ4v) is 4.23. The molecule has 0 unspecified atom stereocenters. The van der Waals surface area contributed by atoms with E-state index in [4.69, 9.17) is 14.2 Å². The number of carbonyl (C=O) groups is 1. The Balaban J connectivity index is 1.43. The van der Waals surface area contributed by atoms with Crippen LogP contribution in [0, 0.1) is 11.7 Å². The fourth-order valence-electron chi connectivity index (χ4n) is 3.24. The Morgan fingerprint density at radius 1 is 1.17 bits per heavy atom. The van der Waals surface area contributed by atoms with Gasteiger partial charge in [-0.2, -0.15) is 0 Å². The van der Waals surface area contributed by atoms with Crippen LogP contribution >= 0.6 is 11.3 Å². The highest BCUT2D eigenvalue weighted by atomic mass is 32.1. The van der Waals surface area contributed by atoms with E-state index in [1.165, 1.54) is 38.7 Å². The van der Waals surface area contributed by atoms with Crippen molar-refractivity contribution in [3.63, 3.8) is 0 Å². The van der Waals surface area contributed by atoms with Gasteiger partial charge in [-0.3, -0.25) is 4.79 Å². The van der Waals surface area contributed by atoms with Crippen LogP contribution in [0.4, 0.5) is 15.2 Å². The van der Waals surface area contributed by atoms with Crippen LogP contribution in [-0.4, -0.2) is 45.3 Å². The van der Waals surface area contributed by atoms with Crippen molar-refractivity contribution in [1.82, 2.24) is 4.98 Å². The molecule has 152 valence electrons. The van der Waals surface area contributed by atoms with E-state index in [1.54, 1.807) is 18.2 Å². The number of hydrogen-bond acceptors (Lipinski definition) is 7. The summed E-state index contributed by atoms with van der Waals surface area (Å²) in [5.74, 6) is 0.768. The summed E-state index contributed by atoms with van der Waals surface area (Å²) in [6.07, 6.45) is 0. The Kier molecular flexibility index (Phi) is 5.14. The first-order chi connectivity index (χ1) is 14.0. The second kappa shape index (κ2) is 7.75. The molecule has 1 aliphatic rings. The van der Waals surface area contributed by atoms with Gasteiger partial charge in [0.15, 0.2) is 16.6 Å². The number of rotatable bonds is 6. The van der Waals surface area contributed by atoms with Gasteiger partial charge in [0.05, 0.1) is 31.9 Å². The minimum Gasteiger partial charge on any atom is -0.493 e. The molecule has 1 aromatic heterocycles. The molecule has 29 heavy (non-hydrogen) atoms. The van der Waals surface area contributed by atoms with Crippen molar-refractivity contribution in [3.8, 4) is 17.2 Å². The van der Waals surface area contributed by atoms with E-state index in [-0.39, 0.29) is 17.6 Å². The lowest BCUT2D eigenvalue weighted by atomic mass is 10.00. The lowest BCUT2D eigenvalue weighted by Crippen LogP contribution is -2.52. The number of methoxy groups -OCH3 is 3. The third-order valence-electron chi connectivity index (χ3n) is 4.81. The molecule has 0 aliphatic carbocycles. The lowest BCUT2D eigenvalue weighted by molar-refractivity contribution is -0.120. The van der Waals surface area contributed by atoms with E-state index in [9.17, 15) is 9.18 Å². The van der Waals surface area contributed by atoms with Crippen molar-refractivity contribution in [3.05, 3.63) is 36.1 Å². The van der Waals surface area contributed by atoms with Crippen molar-refractivity contribution in [2.75, 3.05) is 44.6 Å². The first-order valence-electron chi connectivity index (χ1n) is 8.95. The topological polar surface area (TPSA) is 72.9 Å². The predicted molar refractivity (Wildman–Crippen MR) is 110 cm³/mol. The quantitative estimate of drug-likeness (QED) is 0.662. The predicted octanol–water partition coefficient (Wildman–Crippen LogP) is 3.54. The average Bonchev–Trinajstić information content (AvgIpc) is 3.11. The molecule has 2 aromatic carbocycles. The molecular weight excluding hydrogens is 397 g/mol. The van der Waals surface area contributed by atoms with Crippen molar-refractivity contribution in [1.29, 1.82) is 0 Å². The summed E-state index contributed by atoms with van der Waals surface area (Å²) in [5, 5.41) is 3.62. The van der Waals surface area contributed by atoms with Crippen molar-refractivity contribution in [2.24, 2.45) is 5.92 Å². The van der Waals surface area contributed by atoms with E-state index in [0.29, 0.717) is 41.5 Å². The molecule has 1 amide bonds. The number of anilines is 2. The zero-order valence-electron chi connectivity index (χ0n) is 16.2. The summed E-state index contributed by atoms with van der Waals surface area (Å²) >= 11 is 1.42. The number of benzene rings is 2. The highest BCUT2D eigenvalue weighted by molar-refractivity contribution is 7.22. The number of carbonyl (C=O) groups excluding carboxylic acids is 1. The molecule has 9 heteroatoms. The zero-order chi connectivity index (χ0) is 20.5. The fraction of sp³-hybridized carbons (Fsp3) is 0.300. The van der Waals surface area contributed by atoms with Crippen LogP contribution < -0.4 is 24.4 Å². The Bertz CT molecular complexity index is 1040. The van der Waals surface area contributed by atoms with Crippen molar-refractivity contribution in [2.45, 2.75) is 0 Å². The van der Waals surface area contributed by atoms with Gasteiger partial charge in [-0.05, 0) is 12.1 Å². The van der Waals surface area contributed by atoms with Crippen LogP contribution in [0.25, 0.3) is 10.2 Å². The highest BCUT2D eigenvalue weighted by Crippen LogP contribution is 2.40. The minimum atomic E-state index is -0.331. The Hall–Kier alpha value is -3.07. The second-order valence-corrected chi connectivity index (χ2v) is 7.60. The van der Waals surface area contributed by atoms with E-state index in [0.717, 1.165) is 9.83 Å². The average molecular weight is 417 g/mol. The number of hydrogen-bond donors (Lipinski definition) is 1. The number of para-hydroxylation sites is 1. The zero-order valence-corrected chi connectivity index (χ0v) is 17.0. The largest absolute Gasteiger partial charge is 0.493 e. The van der Waals surface area contributed by atoms with E-state index >= 15 is 0 Å².